The molecule has 0 amide bonds. The average Bonchev–Trinajstić information content (AvgIpc) is 3.30. The third kappa shape index (κ3) is 3.32. The van der Waals surface area contributed by atoms with Crippen LogP contribution >= 0.6 is 19.9 Å². The van der Waals surface area contributed by atoms with Gasteiger partial charge in [0.05, 0.1) is 11.7 Å². The summed E-state index contributed by atoms with van der Waals surface area (Å²) in [5, 5.41) is 20.1. The molecule has 2 unspecified atom stereocenters. The van der Waals surface area contributed by atoms with Crippen molar-refractivity contribution in [2.75, 3.05) is 6.16 Å². The summed E-state index contributed by atoms with van der Waals surface area (Å²) in [6.45, 7) is 3.91. The van der Waals surface area contributed by atoms with Crippen LogP contribution in [0.2, 0.25) is 0 Å². The molecule has 2 aromatic rings. The minimum Gasteiger partial charge on any atom is -0.490 e. The fourth-order valence-electron chi connectivity index (χ4n) is 3.42. The molecule has 2 aliphatic rings. The second-order valence-electron chi connectivity index (χ2n) is 6.74. The van der Waals surface area contributed by atoms with Gasteiger partial charge in [0.2, 0.25) is 0 Å². The molecule has 1 aromatic carbocycles. The number of fused-ring (bicyclic) bond motifs is 1. The summed E-state index contributed by atoms with van der Waals surface area (Å²) in [6, 6.07) is 7.88. The first-order chi connectivity index (χ1) is 12.7. The molecule has 1 aromatic heterocycles. The molecule has 0 radical (unpaired) electrons. The maximum absolute atomic E-state index is 9.44. The van der Waals surface area contributed by atoms with Crippen LogP contribution in [0.4, 0.5) is 0 Å². The van der Waals surface area contributed by atoms with Gasteiger partial charge in [0, 0.05) is 16.8 Å². The van der Waals surface area contributed by atoms with Crippen molar-refractivity contribution in [3.63, 3.8) is 0 Å². The Bertz CT molecular complexity index is 939. The summed E-state index contributed by atoms with van der Waals surface area (Å²) >= 11 is 1.60. The standard InChI is InChI=1S/C20H20N3OPS/c1-12(2)24-17-7-6-13(10-14(17)11-21)19-22-23-20(26-19)16-4-3-5-18-15(16)8-9-25-18/h3-4,6-7,10,12,18,25H,5,8-9H2,1-2H3. The van der Waals surface area contributed by atoms with Gasteiger partial charge in [-0.25, -0.2) is 0 Å². The van der Waals surface area contributed by atoms with Gasteiger partial charge in [0.1, 0.15) is 21.8 Å². The van der Waals surface area contributed by atoms with Gasteiger partial charge < -0.3 is 4.74 Å². The quantitative estimate of drug-likeness (QED) is 0.697. The number of nitrogens with zero attached hydrogens (tertiary/aromatic N) is 3. The molecule has 1 fully saturated rings. The first-order valence-electron chi connectivity index (χ1n) is 8.83. The molecule has 1 saturated heterocycles. The van der Waals surface area contributed by atoms with Gasteiger partial charge >= 0.3 is 0 Å². The van der Waals surface area contributed by atoms with Gasteiger partial charge in [-0.1, -0.05) is 29.1 Å². The molecule has 0 spiro atoms. The van der Waals surface area contributed by atoms with E-state index in [1.54, 1.807) is 16.9 Å². The number of aromatic nitrogens is 2. The lowest BCUT2D eigenvalue weighted by atomic mass is 9.96. The van der Waals surface area contributed by atoms with Crippen molar-refractivity contribution >= 4 is 25.5 Å². The molecule has 0 bridgehead atoms. The van der Waals surface area contributed by atoms with Crippen LogP contribution in [-0.2, 0) is 0 Å². The maximum atomic E-state index is 9.44. The molecule has 0 N–H and O–H groups in total. The summed E-state index contributed by atoms with van der Waals surface area (Å²) in [5.41, 5.74) is 5.00. The lowest BCUT2D eigenvalue weighted by Gasteiger charge is -2.16. The van der Waals surface area contributed by atoms with Crippen LogP contribution in [0, 0.1) is 11.3 Å². The average molecular weight is 381 g/mol. The molecule has 2 heterocycles. The van der Waals surface area contributed by atoms with Gasteiger partial charge in [-0.05, 0) is 51.1 Å². The van der Waals surface area contributed by atoms with E-state index in [4.69, 9.17) is 4.74 Å². The molecule has 26 heavy (non-hydrogen) atoms. The molecule has 4 rings (SSSR count). The Balaban J connectivity index is 1.67. The van der Waals surface area contributed by atoms with Crippen molar-refractivity contribution in [1.29, 1.82) is 5.26 Å². The highest BCUT2D eigenvalue weighted by atomic mass is 32.1. The Morgan fingerprint density at radius 2 is 2.15 bits per heavy atom. The monoisotopic (exact) mass is 381 g/mol. The summed E-state index contributed by atoms with van der Waals surface area (Å²) < 4.78 is 5.70. The number of hydrogen-bond donors (Lipinski definition) is 0. The normalized spacial score (nSPS) is 19.8. The number of rotatable bonds is 4. The summed E-state index contributed by atoms with van der Waals surface area (Å²) in [5.74, 6) is 0.617. The highest BCUT2D eigenvalue weighted by molar-refractivity contribution is 7.39. The smallest absolute Gasteiger partial charge is 0.148 e. The van der Waals surface area contributed by atoms with Crippen molar-refractivity contribution < 1.29 is 4.74 Å². The molecule has 4 nitrogen and oxygen atoms in total. The zero-order valence-electron chi connectivity index (χ0n) is 14.8. The maximum Gasteiger partial charge on any atom is 0.148 e. The first-order valence-corrected chi connectivity index (χ1v) is 10.9. The summed E-state index contributed by atoms with van der Waals surface area (Å²) in [6.07, 6.45) is 8.19. The van der Waals surface area contributed by atoms with Crippen LogP contribution in [0.5, 0.6) is 5.75 Å². The van der Waals surface area contributed by atoms with E-state index in [-0.39, 0.29) is 6.10 Å². The van der Waals surface area contributed by atoms with E-state index >= 15 is 0 Å². The molecular weight excluding hydrogens is 361 g/mol. The number of ether oxygens (including phenoxy) is 1. The molecule has 1 aliphatic carbocycles. The van der Waals surface area contributed by atoms with Crippen LogP contribution in [0.15, 0.2) is 35.9 Å². The van der Waals surface area contributed by atoms with Crippen LogP contribution in [0.3, 0.4) is 0 Å². The Kier molecular flexibility index (Phi) is 4.89. The Hall–Kier alpha value is -2.02. The van der Waals surface area contributed by atoms with E-state index in [1.165, 1.54) is 24.6 Å². The topological polar surface area (TPSA) is 58.8 Å². The van der Waals surface area contributed by atoms with Crippen LogP contribution in [-0.4, -0.2) is 28.1 Å². The van der Waals surface area contributed by atoms with E-state index in [1.807, 2.05) is 32.0 Å². The first kappa shape index (κ1) is 17.4. The van der Waals surface area contributed by atoms with Gasteiger partial charge in [-0.3, -0.25) is 0 Å². The second kappa shape index (κ2) is 7.31. The van der Waals surface area contributed by atoms with Gasteiger partial charge in [-0.15, -0.1) is 18.8 Å². The largest absolute Gasteiger partial charge is 0.490 e. The van der Waals surface area contributed by atoms with Crippen LogP contribution < -0.4 is 4.74 Å². The minimum absolute atomic E-state index is 0.0349. The van der Waals surface area contributed by atoms with E-state index < -0.39 is 0 Å². The fraction of sp³-hybridized carbons (Fsp3) is 0.350. The number of nitriles is 1. The third-order valence-corrected chi connectivity index (χ3v) is 7.19. The third-order valence-electron chi connectivity index (χ3n) is 4.57. The van der Waals surface area contributed by atoms with Gasteiger partial charge in [0.25, 0.3) is 0 Å². The summed E-state index contributed by atoms with van der Waals surface area (Å²) in [4.78, 5) is 0. The highest BCUT2D eigenvalue weighted by Gasteiger charge is 2.27. The fourth-order valence-corrected chi connectivity index (χ4v) is 5.93. The molecule has 0 saturated carbocycles. The van der Waals surface area contributed by atoms with E-state index in [9.17, 15) is 5.26 Å². The second-order valence-corrected chi connectivity index (χ2v) is 9.32. The van der Waals surface area contributed by atoms with Crippen molar-refractivity contribution in [3.05, 3.63) is 46.5 Å². The zero-order valence-corrected chi connectivity index (χ0v) is 16.6. The molecular formula is C20H20N3OPS. The lowest BCUT2D eigenvalue weighted by Crippen LogP contribution is -2.06. The molecule has 132 valence electrons. The van der Waals surface area contributed by atoms with Crippen molar-refractivity contribution in [1.82, 2.24) is 10.2 Å². The molecule has 6 heteroatoms. The van der Waals surface area contributed by atoms with Crippen molar-refractivity contribution in [2.45, 2.75) is 38.5 Å². The van der Waals surface area contributed by atoms with Crippen molar-refractivity contribution in [3.8, 4) is 22.4 Å². The van der Waals surface area contributed by atoms with Crippen molar-refractivity contribution in [2.24, 2.45) is 0 Å². The number of allylic oxidation sites excluding steroid dienone is 4. The number of benzene rings is 1. The zero-order chi connectivity index (χ0) is 18.1. The number of hydrogen-bond acceptors (Lipinski definition) is 5. The minimum atomic E-state index is 0.0349. The Morgan fingerprint density at radius 1 is 1.31 bits per heavy atom. The summed E-state index contributed by atoms with van der Waals surface area (Å²) in [7, 11) is 1.04. The molecule has 1 aliphatic heterocycles. The van der Waals surface area contributed by atoms with E-state index in [0.29, 0.717) is 11.3 Å². The SMILES string of the molecule is CC(C)Oc1ccc(-c2nnc(C3=C4CCPC4CC=C3)s2)cc1C#N. The highest BCUT2D eigenvalue weighted by Crippen LogP contribution is 2.46. The van der Waals surface area contributed by atoms with E-state index in [2.05, 4.69) is 28.4 Å². The van der Waals surface area contributed by atoms with Gasteiger partial charge in [-0.2, -0.15) is 5.26 Å². The Morgan fingerprint density at radius 3 is 2.96 bits per heavy atom. The Labute approximate surface area is 159 Å². The molecule has 2 atom stereocenters. The predicted molar refractivity (Wildman–Crippen MR) is 108 cm³/mol. The van der Waals surface area contributed by atoms with Gasteiger partial charge in [0.15, 0.2) is 0 Å². The lowest BCUT2D eigenvalue weighted by molar-refractivity contribution is 0.242. The van der Waals surface area contributed by atoms with Crippen LogP contribution in [0.1, 0.15) is 37.3 Å². The predicted octanol–water partition coefficient (Wildman–Crippen LogP) is 5.03. The van der Waals surface area contributed by atoms with Crippen LogP contribution in [0.25, 0.3) is 16.1 Å². The van der Waals surface area contributed by atoms with E-state index in [0.717, 1.165) is 29.8 Å².